The summed E-state index contributed by atoms with van der Waals surface area (Å²) in [6.45, 7) is 2.76. The Morgan fingerprint density at radius 3 is 2.59 bits per heavy atom. The van der Waals surface area contributed by atoms with Crippen LogP contribution in [0.2, 0.25) is 0 Å². The van der Waals surface area contributed by atoms with E-state index in [1.807, 2.05) is 6.92 Å². The van der Waals surface area contributed by atoms with Crippen LogP contribution >= 0.6 is 0 Å². The fraction of sp³-hybridized carbons (Fsp3) is 0.923. The van der Waals surface area contributed by atoms with Gasteiger partial charge in [0.1, 0.15) is 0 Å². The van der Waals surface area contributed by atoms with Gasteiger partial charge < -0.3 is 15.7 Å². The summed E-state index contributed by atoms with van der Waals surface area (Å²) in [5.74, 6) is 0.670. The van der Waals surface area contributed by atoms with Crippen LogP contribution < -0.4 is 10.6 Å². The van der Waals surface area contributed by atoms with Crippen LogP contribution in [0.15, 0.2) is 0 Å². The molecule has 2 aliphatic carbocycles. The number of hydrogen-bond donors (Lipinski definition) is 3. The highest BCUT2D eigenvalue weighted by atomic mass is 16.3. The molecule has 0 bridgehead atoms. The molecule has 0 spiro atoms. The fourth-order valence-corrected chi connectivity index (χ4v) is 2.70. The Kier molecular flexibility index (Phi) is 4.40. The lowest BCUT2D eigenvalue weighted by atomic mass is 9.82. The van der Waals surface area contributed by atoms with Crippen LogP contribution in [-0.2, 0) is 4.79 Å². The molecule has 98 valence electrons. The van der Waals surface area contributed by atoms with Crippen molar-refractivity contribution >= 4 is 5.91 Å². The van der Waals surface area contributed by atoms with Gasteiger partial charge in [0.2, 0.25) is 5.91 Å². The Hall–Kier alpha value is -0.610. The van der Waals surface area contributed by atoms with Gasteiger partial charge in [-0.3, -0.25) is 4.79 Å². The topological polar surface area (TPSA) is 61.4 Å². The lowest BCUT2D eigenvalue weighted by molar-refractivity contribution is -0.123. The minimum atomic E-state index is -0.117. The van der Waals surface area contributed by atoms with Gasteiger partial charge in [-0.05, 0) is 45.1 Å². The van der Waals surface area contributed by atoms with Crippen LogP contribution in [-0.4, -0.2) is 35.7 Å². The Bertz CT molecular complexity index is 258. The van der Waals surface area contributed by atoms with Crippen molar-refractivity contribution in [3.8, 4) is 0 Å². The molecule has 2 aliphatic rings. The molecule has 0 aromatic heterocycles. The third-order valence-electron chi connectivity index (χ3n) is 4.02. The van der Waals surface area contributed by atoms with Crippen LogP contribution in [0.1, 0.15) is 45.4 Å². The van der Waals surface area contributed by atoms with Gasteiger partial charge in [0.25, 0.3) is 0 Å². The van der Waals surface area contributed by atoms with Crippen LogP contribution in [0.3, 0.4) is 0 Å². The van der Waals surface area contributed by atoms with E-state index in [0.29, 0.717) is 12.0 Å². The molecule has 0 radical (unpaired) electrons. The zero-order chi connectivity index (χ0) is 12.3. The van der Waals surface area contributed by atoms with Gasteiger partial charge in [-0.15, -0.1) is 0 Å². The van der Waals surface area contributed by atoms with Gasteiger partial charge in [0.05, 0.1) is 12.1 Å². The molecule has 0 aliphatic heterocycles. The van der Waals surface area contributed by atoms with Crippen LogP contribution in [0.25, 0.3) is 0 Å². The normalized spacial score (nSPS) is 30.9. The SMILES string of the molecule is CC(NCC1CC(O)C1)C(=O)NC1CCCC1. The van der Waals surface area contributed by atoms with Gasteiger partial charge >= 0.3 is 0 Å². The largest absolute Gasteiger partial charge is 0.393 e. The molecular formula is C13H24N2O2. The lowest BCUT2D eigenvalue weighted by Gasteiger charge is -2.32. The fourth-order valence-electron chi connectivity index (χ4n) is 2.70. The number of hydrogen-bond acceptors (Lipinski definition) is 3. The minimum absolute atomic E-state index is 0.107. The molecule has 2 saturated carbocycles. The number of amides is 1. The number of aliphatic hydroxyl groups excluding tert-OH is 1. The van der Waals surface area contributed by atoms with E-state index in [2.05, 4.69) is 10.6 Å². The van der Waals surface area contributed by atoms with Crippen molar-refractivity contribution in [3.05, 3.63) is 0 Å². The number of aliphatic hydroxyl groups is 1. The molecule has 2 fully saturated rings. The maximum atomic E-state index is 11.9. The first-order valence-corrected chi connectivity index (χ1v) is 6.87. The van der Waals surface area contributed by atoms with Crippen molar-refractivity contribution < 1.29 is 9.90 Å². The van der Waals surface area contributed by atoms with Crippen LogP contribution in [0.4, 0.5) is 0 Å². The maximum Gasteiger partial charge on any atom is 0.237 e. The standard InChI is InChI=1S/C13H24N2O2/c1-9(14-8-10-6-12(16)7-10)13(17)15-11-4-2-3-5-11/h9-12,14,16H,2-8H2,1H3,(H,15,17). The van der Waals surface area contributed by atoms with E-state index in [9.17, 15) is 9.90 Å². The molecule has 0 aromatic carbocycles. The smallest absolute Gasteiger partial charge is 0.237 e. The van der Waals surface area contributed by atoms with E-state index in [-0.39, 0.29) is 18.1 Å². The van der Waals surface area contributed by atoms with E-state index in [0.717, 1.165) is 32.2 Å². The molecule has 1 atom stereocenters. The Morgan fingerprint density at radius 2 is 2.00 bits per heavy atom. The van der Waals surface area contributed by atoms with Gasteiger partial charge in [-0.25, -0.2) is 0 Å². The summed E-state index contributed by atoms with van der Waals surface area (Å²) in [4.78, 5) is 11.9. The average Bonchev–Trinajstić information content (AvgIpc) is 2.75. The first-order valence-electron chi connectivity index (χ1n) is 6.87. The molecule has 2 rings (SSSR count). The zero-order valence-corrected chi connectivity index (χ0v) is 10.6. The van der Waals surface area contributed by atoms with Gasteiger partial charge in [0.15, 0.2) is 0 Å². The van der Waals surface area contributed by atoms with Crippen molar-refractivity contribution in [1.29, 1.82) is 0 Å². The molecule has 3 N–H and O–H groups in total. The molecule has 0 aromatic rings. The van der Waals surface area contributed by atoms with E-state index in [1.54, 1.807) is 0 Å². The monoisotopic (exact) mass is 240 g/mol. The predicted molar refractivity (Wildman–Crippen MR) is 66.6 cm³/mol. The summed E-state index contributed by atoms with van der Waals surface area (Å²) < 4.78 is 0. The van der Waals surface area contributed by atoms with E-state index in [1.165, 1.54) is 12.8 Å². The van der Waals surface area contributed by atoms with Crippen molar-refractivity contribution in [2.24, 2.45) is 5.92 Å². The second-order valence-corrected chi connectivity index (χ2v) is 5.61. The Morgan fingerprint density at radius 1 is 1.35 bits per heavy atom. The molecular weight excluding hydrogens is 216 g/mol. The maximum absolute atomic E-state index is 11.9. The molecule has 0 saturated heterocycles. The molecule has 0 heterocycles. The highest BCUT2D eigenvalue weighted by Gasteiger charge is 2.28. The Balaban J connectivity index is 1.61. The zero-order valence-electron chi connectivity index (χ0n) is 10.6. The van der Waals surface area contributed by atoms with Gasteiger partial charge in [0, 0.05) is 6.04 Å². The van der Waals surface area contributed by atoms with Crippen molar-refractivity contribution in [3.63, 3.8) is 0 Å². The van der Waals surface area contributed by atoms with E-state index in [4.69, 9.17) is 0 Å². The van der Waals surface area contributed by atoms with Crippen LogP contribution in [0, 0.1) is 5.92 Å². The van der Waals surface area contributed by atoms with Crippen molar-refractivity contribution in [1.82, 2.24) is 10.6 Å². The third-order valence-corrected chi connectivity index (χ3v) is 4.02. The van der Waals surface area contributed by atoms with Gasteiger partial charge in [-0.2, -0.15) is 0 Å². The summed E-state index contributed by atoms with van der Waals surface area (Å²) in [5, 5.41) is 15.5. The number of rotatable bonds is 5. The second-order valence-electron chi connectivity index (χ2n) is 5.61. The highest BCUT2D eigenvalue weighted by Crippen LogP contribution is 2.26. The second kappa shape index (κ2) is 5.83. The summed E-state index contributed by atoms with van der Waals surface area (Å²) in [6, 6.07) is 0.283. The number of carbonyl (C=O) groups excluding carboxylic acids is 1. The first-order chi connectivity index (χ1) is 8.15. The van der Waals surface area contributed by atoms with Gasteiger partial charge in [-0.1, -0.05) is 12.8 Å². The molecule has 1 amide bonds. The summed E-state index contributed by atoms with van der Waals surface area (Å²) >= 11 is 0. The van der Waals surface area contributed by atoms with Crippen molar-refractivity contribution in [2.45, 2.75) is 63.6 Å². The quantitative estimate of drug-likeness (QED) is 0.666. The molecule has 17 heavy (non-hydrogen) atoms. The molecule has 1 unspecified atom stereocenters. The predicted octanol–water partition coefficient (Wildman–Crippen LogP) is 0.794. The summed E-state index contributed by atoms with van der Waals surface area (Å²) in [7, 11) is 0. The highest BCUT2D eigenvalue weighted by molar-refractivity contribution is 5.81. The average molecular weight is 240 g/mol. The number of nitrogens with one attached hydrogen (secondary N) is 2. The van der Waals surface area contributed by atoms with E-state index >= 15 is 0 Å². The van der Waals surface area contributed by atoms with E-state index < -0.39 is 0 Å². The number of carbonyl (C=O) groups is 1. The molecule has 4 heteroatoms. The van der Waals surface area contributed by atoms with Crippen molar-refractivity contribution in [2.75, 3.05) is 6.54 Å². The third kappa shape index (κ3) is 3.68. The lowest BCUT2D eigenvalue weighted by Crippen LogP contribution is -2.48. The Labute approximate surface area is 103 Å². The summed E-state index contributed by atoms with van der Waals surface area (Å²) in [5.41, 5.74) is 0. The minimum Gasteiger partial charge on any atom is -0.393 e. The van der Waals surface area contributed by atoms with Crippen LogP contribution in [0.5, 0.6) is 0 Å². The summed E-state index contributed by atoms with van der Waals surface area (Å²) in [6.07, 6.45) is 6.40. The molecule has 4 nitrogen and oxygen atoms in total. The first kappa shape index (κ1) is 12.8.